The first-order chi connectivity index (χ1) is 34.7. The van der Waals surface area contributed by atoms with E-state index in [0.29, 0.717) is 0 Å². The van der Waals surface area contributed by atoms with Gasteiger partial charge in [0.05, 0.1) is 0 Å². The number of para-hydroxylation sites is 4. The van der Waals surface area contributed by atoms with Crippen molar-refractivity contribution >= 4 is 68.6 Å². The van der Waals surface area contributed by atoms with Crippen molar-refractivity contribution in [2.75, 3.05) is 19.6 Å². The summed E-state index contributed by atoms with van der Waals surface area (Å²) in [6, 6.07) is 78.9. The van der Waals surface area contributed by atoms with Gasteiger partial charge in [-0.05, 0) is 90.3 Å². The van der Waals surface area contributed by atoms with Gasteiger partial charge < -0.3 is 19.6 Å². The molecule has 0 aromatic heterocycles. The molecule has 0 aliphatic carbocycles. The Hall–Kier alpha value is -7.07. The molecule has 0 radical (unpaired) electrons. The minimum Gasteiger partial charge on any atom is -0.493 e. The van der Waals surface area contributed by atoms with Crippen LogP contribution in [0.5, 0.6) is 0 Å². The molecule has 0 amide bonds. The Morgan fingerprint density at radius 2 is 0.753 bits per heavy atom. The Morgan fingerprint density at radius 1 is 0.384 bits per heavy atom. The predicted octanol–water partition coefficient (Wildman–Crippen LogP) is 15.5. The molecule has 362 valence electrons. The van der Waals surface area contributed by atoms with E-state index in [-0.39, 0.29) is 38.6 Å². The fraction of sp³-hybridized carbons (Fsp3) is 0.164. The van der Waals surface area contributed by atoms with Crippen LogP contribution in [-0.2, 0) is 31.9 Å². The number of fused-ring (bicyclic) bond motifs is 2. The largest absolute Gasteiger partial charge is 4.00 e. The third kappa shape index (κ3) is 9.45. The van der Waals surface area contributed by atoms with Gasteiger partial charge in [-0.2, -0.15) is 59.5 Å². The summed E-state index contributed by atoms with van der Waals surface area (Å²) in [7, 11) is 0. The Labute approximate surface area is 449 Å². The number of benzene rings is 9. The van der Waals surface area contributed by atoms with Crippen LogP contribution >= 0.6 is 0 Å². The maximum atomic E-state index is 4.04. The van der Waals surface area contributed by atoms with Gasteiger partial charge in [-0.3, -0.25) is 0 Å². The van der Waals surface area contributed by atoms with Gasteiger partial charge in [0, 0.05) is 45.3 Å². The number of anilines is 8. The summed E-state index contributed by atoms with van der Waals surface area (Å²) in [5, 5.41) is 0. The molecule has 0 bridgehead atoms. The zero-order valence-corrected chi connectivity index (χ0v) is 45.6. The Balaban J connectivity index is 0.00000611. The first-order valence-electron chi connectivity index (χ1n) is 25.3. The molecule has 0 fully saturated rings. The van der Waals surface area contributed by atoms with Gasteiger partial charge in [-0.15, -0.1) is 24.7 Å². The molecule has 0 saturated carbocycles. The van der Waals surface area contributed by atoms with Crippen LogP contribution in [0, 0.1) is 46.2 Å². The van der Waals surface area contributed by atoms with E-state index in [0.717, 1.165) is 56.4 Å². The van der Waals surface area contributed by atoms with Crippen molar-refractivity contribution in [2.45, 2.75) is 73.1 Å². The molecule has 2 heterocycles. The number of rotatable bonds is 9. The van der Waals surface area contributed by atoms with Crippen LogP contribution in [0.3, 0.4) is 0 Å². The van der Waals surface area contributed by atoms with Gasteiger partial charge >= 0.3 is 21.1 Å². The first kappa shape index (κ1) is 49.5. The normalized spacial score (nSPS) is 13.2. The number of aryl methyl sites for hydroxylation is 3. The molecule has 6 heteroatoms. The average Bonchev–Trinajstić information content (AvgIpc) is 3.97. The standard InChI is InChI=1S/C67H61BN4.Pt/c1-46-38-47(2)65(48(3)39-46)68(53-26-20-28-55(42-53)69-44-71(61-32-18-16-30-59(61)69)63-40-51(66(4,5)6)34-36-57(63)49-22-12-10-13-23-49)54-27-21-29-56(43-54)70-45-72(62-33-19-17-31-60(62)70)64-41-52(67(7,8)9)35-37-58(64)50-24-14-11-15-25-50;/h10-41,44-45H,1-9H3;/q-4;+4. The van der Waals surface area contributed by atoms with E-state index >= 15 is 0 Å². The van der Waals surface area contributed by atoms with Crippen molar-refractivity contribution < 1.29 is 21.1 Å². The number of nitrogens with zero attached hydrogens (tertiary/aromatic N) is 4. The van der Waals surface area contributed by atoms with Crippen LogP contribution in [0.25, 0.3) is 22.3 Å². The summed E-state index contributed by atoms with van der Waals surface area (Å²) in [5.74, 6) is 0. The van der Waals surface area contributed by atoms with E-state index in [9.17, 15) is 0 Å². The van der Waals surface area contributed by atoms with Crippen molar-refractivity contribution in [2.24, 2.45) is 0 Å². The van der Waals surface area contributed by atoms with E-state index in [1.165, 1.54) is 55.5 Å². The van der Waals surface area contributed by atoms with Gasteiger partial charge in [-0.1, -0.05) is 185 Å². The minimum absolute atomic E-state index is 0. The molecule has 0 saturated heterocycles. The van der Waals surface area contributed by atoms with Crippen LogP contribution in [0.4, 0.5) is 45.5 Å². The molecule has 9 aromatic rings. The van der Waals surface area contributed by atoms with Crippen LogP contribution in [0.2, 0.25) is 0 Å². The van der Waals surface area contributed by atoms with Crippen molar-refractivity contribution in [1.29, 1.82) is 0 Å². The zero-order valence-electron chi connectivity index (χ0n) is 43.3. The molecular weight excluding hydrogens is 1070 g/mol. The first-order valence-corrected chi connectivity index (χ1v) is 25.3. The smallest absolute Gasteiger partial charge is 0.493 e. The monoisotopic (exact) mass is 1130 g/mol. The van der Waals surface area contributed by atoms with Crippen LogP contribution in [-0.4, -0.2) is 6.71 Å². The van der Waals surface area contributed by atoms with Crippen LogP contribution in [0.15, 0.2) is 194 Å². The second-order valence-corrected chi connectivity index (χ2v) is 21.6. The van der Waals surface area contributed by atoms with Crippen molar-refractivity contribution in [3.63, 3.8) is 0 Å². The van der Waals surface area contributed by atoms with E-state index in [1.807, 2.05) is 0 Å². The molecule has 11 rings (SSSR count). The summed E-state index contributed by atoms with van der Waals surface area (Å²) in [5.41, 5.74) is 23.2. The SMILES string of the molecule is Cc1cc(C)c(B(c2[c-]c(N3[CH-]N(c4cc(C(C)(C)C)ccc4-c4ccccc4)c4ccccc43)ccc2)c2[c-]c(N3[CH-]N(c4cc(C(C)(C)C)ccc4-c4ccccc4)c4ccccc43)ccc2)c(C)c1.[Pt+4]. The molecule has 0 N–H and O–H groups in total. The molecular formula is C67H61BN4Pt. The van der Waals surface area contributed by atoms with Crippen molar-refractivity contribution in [3.05, 3.63) is 247 Å². The second-order valence-electron chi connectivity index (χ2n) is 21.6. The minimum atomic E-state index is -0.158. The second kappa shape index (κ2) is 19.7. The molecule has 4 nitrogen and oxygen atoms in total. The fourth-order valence-electron chi connectivity index (χ4n) is 10.8. The van der Waals surface area contributed by atoms with E-state index in [1.54, 1.807) is 0 Å². The average molecular weight is 1130 g/mol. The van der Waals surface area contributed by atoms with Crippen LogP contribution in [0.1, 0.15) is 69.4 Å². The Bertz CT molecular complexity index is 3240. The summed E-state index contributed by atoms with van der Waals surface area (Å²) in [6.07, 6.45) is 0. The topological polar surface area (TPSA) is 13.0 Å². The molecule has 73 heavy (non-hydrogen) atoms. The summed E-state index contributed by atoms with van der Waals surface area (Å²) < 4.78 is 0. The number of hydrogen-bond donors (Lipinski definition) is 0. The maximum Gasteiger partial charge on any atom is 4.00 e. The zero-order chi connectivity index (χ0) is 49.9. The predicted molar refractivity (Wildman–Crippen MR) is 307 cm³/mol. The van der Waals surface area contributed by atoms with Gasteiger partial charge in [-0.25, -0.2) is 0 Å². The molecule has 0 unspecified atom stereocenters. The molecule has 2 aliphatic rings. The fourth-order valence-corrected chi connectivity index (χ4v) is 10.8. The van der Waals surface area contributed by atoms with E-state index in [2.05, 4.69) is 302 Å². The third-order valence-corrected chi connectivity index (χ3v) is 14.5. The Morgan fingerprint density at radius 3 is 1.14 bits per heavy atom. The summed E-state index contributed by atoms with van der Waals surface area (Å²) in [4.78, 5) is 9.36. The van der Waals surface area contributed by atoms with Crippen molar-refractivity contribution in [1.82, 2.24) is 0 Å². The van der Waals surface area contributed by atoms with Gasteiger partial charge in [0.25, 0.3) is 0 Å². The molecule has 0 atom stereocenters. The van der Waals surface area contributed by atoms with Crippen LogP contribution < -0.4 is 36.0 Å². The number of hydrogen-bond acceptors (Lipinski definition) is 4. The van der Waals surface area contributed by atoms with E-state index in [4.69, 9.17) is 0 Å². The summed E-state index contributed by atoms with van der Waals surface area (Å²) >= 11 is 0. The Kier molecular flexibility index (Phi) is 13.4. The molecule has 0 spiro atoms. The molecule has 2 aliphatic heterocycles. The van der Waals surface area contributed by atoms with Gasteiger partial charge in [0.1, 0.15) is 0 Å². The summed E-state index contributed by atoms with van der Waals surface area (Å²) in [6.45, 7) is 24.8. The van der Waals surface area contributed by atoms with E-state index < -0.39 is 0 Å². The quantitative estimate of drug-likeness (QED) is 0.105. The van der Waals surface area contributed by atoms with Gasteiger partial charge in [0.15, 0.2) is 6.71 Å². The van der Waals surface area contributed by atoms with Gasteiger partial charge in [0.2, 0.25) is 0 Å². The third-order valence-electron chi connectivity index (χ3n) is 14.5. The maximum absolute atomic E-state index is 4.04. The molecule has 9 aromatic carbocycles. The van der Waals surface area contributed by atoms with Crippen molar-refractivity contribution in [3.8, 4) is 22.3 Å².